The Kier molecular flexibility index (Phi) is 0.427. The van der Waals surface area contributed by atoms with Gasteiger partial charge in [0.15, 0.2) is 0 Å². The van der Waals surface area contributed by atoms with Gasteiger partial charge in [0.05, 0.1) is 0 Å². The van der Waals surface area contributed by atoms with Crippen molar-refractivity contribution in [2.45, 2.75) is 19.8 Å². The van der Waals surface area contributed by atoms with Gasteiger partial charge >= 0.3 is 0 Å². The van der Waals surface area contributed by atoms with Crippen LogP contribution in [0.3, 0.4) is 0 Å². The van der Waals surface area contributed by atoms with Crippen molar-refractivity contribution >= 4 is 0 Å². The summed E-state index contributed by atoms with van der Waals surface area (Å²) in [5.41, 5.74) is 0. The molecule has 3 aliphatic carbocycles. The summed E-state index contributed by atoms with van der Waals surface area (Å²) in [4.78, 5) is 0. The summed E-state index contributed by atoms with van der Waals surface area (Å²) in [6.07, 6.45) is 3.19. The van der Waals surface area contributed by atoms with E-state index in [1.807, 2.05) is 0 Å². The monoisotopic (exact) mass is 108 g/mol. The van der Waals surface area contributed by atoms with Crippen LogP contribution in [0.5, 0.6) is 0 Å². The molecule has 3 saturated carbocycles. The van der Waals surface area contributed by atoms with Crippen LogP contribution in [0.4, 0.5) is 0 Å². The highest BCUT2D eigenvalue weighted by Gasteiger charge is 2.68. The first-order valence-electron chi connectivity index (χ1n) is 3.88. The molecular formula is C8H12. The molecule has 44 valence electrons. The third kappa shape index (κ3) is 0.222. The lowest BCUT2D eigenvalue weighted by molar-refractivity contribution is 0.239. The Morgan fingerprint density at radius 1 is 1.12 bits per heavy atom. The highest BCUT2D eigenvalue weighted by atomic mass is 14.7. The SMILES string of the molecule is CC1CC2CC3C1C23. The molecule has 8 heavy (non-hydrogen) atoms. The van der Waals surface area contributed by atoms with Crippen LogP contribution < -0.4 is 0 Å². The van der Waals surface area contributed by atoms with Crippen molar-refractivity contribution in [1.82, 2.24) is 0 Å². The Balaban J connectivity index is 1.99. The molecule has 0 heteroatoms. The van der Waals surface area contributed by atoms with Crippen LogP contribution in [-0.2, 0) is 0 Å². The van der Waals surface area contributed by atoms with Crippen molar-refractivity contribution in [3.63, 3.8) is 0 Å². The molecule has 0 nitrogen and oxygen atoms in total. The van der Waals surface area contributed by atoms with Crippen molar-refractivity contribution in [1.29, 1.82) is 0 Å². The maximum absolute atomic E-state index is 2.44. The fourth-order valence-corrected chi connectivity index (χ4v) is 3.41. The standard InChI is InChI=1S/C8H12/c1-4-2-5-3-6-7(4)8(5)6/h4-8H,2-3H2,1H3. The van der Waals surface area contributed by atoms with E-state index in [1.165, 1.54) is 23.7 Å². The van der Waals surface area contributed by atoms with Crippen molar-refractivity contribution in [3.05, 3.63) is 0 Å². The molecular weight excluding hydrogens is 96.1 g/mol. The second-order valence-corrected chi connectivity index (χ2v) is 4.03. The van der Waals surface area contributed by atoms with Crippen LogP contribution in [0.15, 0.2) is 0 Å². The smallest absolute Gasteiger partial charge is 0.0321 e. The zero-order chi connectivity index (χ0) is 5.30. The highest BCUT2D eigenvalue weighted by Crippen LogP contribution is 2.74. The van der Waals surface area contributed by atoms with Gasteiger partial charge in [0.25, 0.3) is 0 Å². The molecule has 5 unspecified atom stereocenters. The Morgan fingerprint density at radius 3 is 2.25 bits per heavy atom. The maximum Gasteiger partial charge on any atom is -0.0321 e. The first-order valence-corrected chi connectivity index (χ1v) is 3.88. The van der Waals surface area contributed by atoms with Crippen molar-refractivity contribution in [2.24, 2.45) is 29.6 Å². The molecule has 0 heterocycles. The molecule has 0 N–H and O–H groups in total. The lowest BCUT2D eigenvalue weighted by atomic mass is 9.79. The number of hydrogen-bond donors (Lipinski definition) is 0. The van der Waals surface area contributed by atoms with E-state index in [0.717, 1.165) is 5.92 Å². The molecule has 0 aromatic heterocycles. The van der Waals surface area contributed by atoms with Crippen LogP contribution in [-0.4, -0.2) is 0 Å². The van der Waals surface area contributed by atoms with E-state index in [2.05, 4.69) is 6.92 Å². The average Bonchev–Trinajstić information content (AvgIpc) is 2.20. The molecule has 5 atom stereocenters. The predicted molar refractivity (Wildman–Crippen MR) is 32.4 cm³/mol. The summed E-state index contributed by atoms with van der Waals surface area (Å²) in [6.45, 7) is 2.44. The molecule has 3 aliphatic rings. The van der Waals surface area contributed by atoms with Crippen molar-refractivity contribution in [2.75, 3.05) is 0 Å². The first-order chi connectivity index (χ1) is 3.88. The Bertz CT molecular complexity index is 137. The molecule has 0 spiro atoms. The fraction of sp³-hybridized carbons (Fsp3) is 1.00. The predicted octanol–water partition coefficient (Wildman–Crippen LogP) is 1.91. The zero-order valence-electron chi connectivity index (χ0n) is 5.30. The quantitative estimate of drug-likeness (QED) is 0.444. The summed E-state index contributed by atoms with van der Waals surface area (Å²) < 4.78 is 0. The van der Waals surface area contributed by atoms with Gasteiger partial charge in [-0.15, -0.1) is 0 Å². The minimum Gasteiger partial charge on any atom is -0.0622 e. The van der Waals surface area contributed by atoms with Gasteiger partial charge in [-0.05, 0) is 42.4 Å². The van der Waals surface area contributed by atoms with Gasteiger partial charge in [-0.2, -0.15) is 0 Å². The van der Waals surface area contributed by atoms with Crippen LogP contribution in [0.2, 0.25) is 0 Å². The Morgan fingerprint density at radius 2 is 2.00 bits per heavy atom. The second-order valence-electron chi connectivity index (χ2n) is 4.03. The summed E-state index contributed by atoms with van der Waals surface area (Å²) in [5, 5.41) is 0. The Labute approximate surface area is 50.3 Å². The summed E-state index contributed by atoms with van der Waals surface area (Å²) >= 11 is 0. The third-order valence-electron chi connectivity index (χ3n) is 3.74. The number of rotatable bonds is 0. The first kappa shape index (κ1) is 3.92. The third-order valence-corrected chi connectivity index (χ3v) is 3.74. The number of hydrogen-bond acceptors (Lipinski definition) is 0. The molecule has 0 aromatic carbocycles. The van der Waals surface area contributed by atoms with E-state index >= 15 is 0 Å². The van der Waals surface area contributed by atoms with Gasteiger partial charge in [0, 0.05) is 0 Å². The largest absolute Gasteiger partial charge is 0.0622 e. The van der Waals surface area contributed by atoms with Gasteiger partial charge in [-0.25, -0.2) is 0 Å². The van der Waals surface area contributed by atoms with Crippen molar-refractivity contribution < 1.29 is 0 Å². The van der Waals surface area contributed by atoms with Crippen LogP contribution in [0, 0.1) is 29.6 Å². The molecule has 0 saturated heterocycles. The van der Waals surface area contributed by atoms with Gasteiger partial charge in [-0.1, -0.05) is 6.92 Å². The van der Waals surface area contributed by atoms with Gasteiger partial charge in [0.1, 0.15) is 0 Å². The number of fused-ring (bicyclic) bond motifs is 1. The topological polar surface area (TPSA) is 0 Å². The molecule has 0 amide bonds. The van der Waals surface area contributed by atoms with Crippen molar-refractivity contribution in [3.8, 4) is 0 Å². The molecule has 0 bridgehead atoms. The molecule has 0 radical (unpaired) electrons. The van der Waals surface area contributed by atoms with Crippen LogP contribution >= 0.6 is 0 Å². The lowest BCUT2D eigenvalue weighted by Crippen LogP contribution is -2.17. The molecule has 3 rings (SSSR count). The lowest BCUT2D eigenvalue weighted by Gasteiger charge is -2.26. The van der Waals surface area contributed by atoms with E-state index in [9.17, 15) is 0 Å². The average molecular weight is 108 g/mol. The molecule has 0 aliphatic heterocycles. The summed E-state index contributed by atoms with van der Waals surface area (Å²) in [5.74, 6) is 6.04. The summed E-state index contributed by atoms with van der Waals surface area (Å²) in [7, 11) is 0. The minimum atomic E-state index is 1.11. The van der Waals surface area contributed by atoms with Gasteiger partial charge < -0.3 is 0 Å². The normalized spacial score (nSPS) is 73.9. The van der Waals surface area contributed by atoms with E-state index < -0.39 is 0 Å². The zero-order valence-corrected chi connectivity index (χ0v) is 5.30. The fourth-order valence-electron chi connectivity index (χ4n) is 3.41. The molecule has 0 aromatic rings. The van der Waals surface area contributed by atoms with E-state index in [4.69, 9.17) is 0 Å². The maximum atomic E-state index is 2.44. The van der Waals surface area contributed by atoms with Crippen LogP contribution in [0.25, 0.3) is 0 Å². The van der Waals surface area contributed by atoms with E-state index in [1.54, 1.807) is 12.8 Å². The Hall–Kier alpha value is 0. The van der Waals surface area contributed by atoms with Gasteiger partial charge in [0.2, 0.25) is 0 Å². The van der Waals surface area contributed by atoms with Gasteiger partial charge in [-0.3, -0.25) is 0 Å². The highest BCUT2D eigenvalue weighted by molar-refractivity contribution is 5.16. The van der Waals surface area contributed by atoms with Crippen LogP contribution in [0.1, 0.15) is 19.8 Å². The minimum absolute atomic E-state index is 1.11. The molecule has 3 fully saturated rings. The second kappa shape index (κ2) is 0.872. The van der Waals surface area contributed by atoms with E-state index in [-0.39, 0.29) is 0 Å². The summed E-state index contributed by atoms with van der Waals surface area (Å²) in [6, 6.07) is 0. The van der Waals surface area contributed by atoms with E-state index in [0.29, 0.717) is 0 Å².